The molecule has 9 heteroatoms. The zero-order valence-electron chi connectivity index (χ0n) is 12.8. The van der Waals surface area contributed by atoms with Gasteiger partial charge in [-0.05, 0) is 31.2 Å². The second kappa shape index (κ2) is 6.32. The summed E-state index contributed by atoms with van der Waals surface area (Å²) < 4.78 is 57.3. The average Bonchev–Trinajstić information content (AvgIpc) is 2.90. The van der Waals surface area contributed by atoms with E-state index in [1.54, 1.807) is 31.2 Å². The number of hydrogen-bond acceptors (Lipinski definition) is 4. The summed E-state index contributed by atoms with van der Waals surface area (Å²) in [6, 6.07) is 8.33. The molecule has 0 aliphatic heterocycles. The van der Waals surface area contributed by atoms with E-state index in [4.69, 9.17) is 9.66 Å². The Morgan fingerprint density at radius 1 is 1.12 bits per heavy atom. The SMILES string of the molecule is Cc1onc(-c2ccc(Br)cc2)c1-c1cc(F)c(S(N)(=O)=O)cc1F. The molecule has 0 bridgehead atoms. The van der Waals surface area contributed by atoms with Crippen LogP contribution in [0.3, 0.4) is 0 Å². The Morgan fingerprint density at radius 3 is 2.36 bits per heavy atom. The van der Waals surface area contributed by atoms with E-state index in [-0.39, 0.29) is 16.9 Å². The fourth-order valence-electron chi connectivity index (χ4n) is 2.43. The molecule has 2 aromatic carbocycles. The van der Waals surface area contributed by atoms with Gasteiger partial charge in [0, 0.05) is 15.6 Å². The van der Waals surface area contributed by atoms with Crippen molar-refractivity contribution >= 4 is 26.0 Å². The van der Waals surface area contributed by atoms with Crippen LogP contribution in [0.2, 0.25) is 0 Å². The van der Waals surface area contributed by atoms with E-state index in [9.17, 15) is 17.2 Å². The van der Waals surface area contributed by atoms with Crippen LogP contribution >= 0.6 is 15.9 Å². The van der Waals surface area contributed by atoms with Crippen molar-refractivity contribution in [1.29, 1.82) is 0 Å². The molecule has 0 aliphatic rings. The predicted molar refractivity (Wildman–Crippen MR) is 91.1 cm³/mol. The van der Waals surface area contributed by atoms with Gasteiger partial charge in [0.25, 0.3) is 0 Å². The van der Waals surface area contributed by atoms with Crippen molar-refractivity contribution in [1.82, 2.24) is 5.16 Å². The van der Waals surface area contributed by atoms with Crippen LogP contribution in [0.15, 0.2) is 50.3 Å². The summed E-state index contributed by atoms with van der Waals surface area (Å²) in [6.07, 6.45) is 0. The number of halogens is 3. The first-order valence-corrected chi connectivity index (χ1v) is 9.27. The fraction of sp³-hybridized carbons (Fsp3) is 0.0625. The zero-order chi connectivity index (χ0) is 18.4. The standard InChI is InChI=1S/C16H11BrF2N2O3S/c1-8-15(16(21-24-8)9-2-4-10(17)5-3-9)11-6-13(19)14(7-12(11)18)25(20,22)23/h2-7H,1H3,(H2,20,22,23). The van der Waals surface area contributed by atoms with Crippen molar-refractivity contribution in [3.63, 3.8) is 0 Å². The molecule has 0 aliphatic carbocycles. The Labute approximate surface area is 150 Å². The number of hydrogen-bond donors (Lipinski definition) is 1. The van der Waals surface area contributed by atoms with Gasteiger partial charge in [-0.1, -0.05) is 33.2 Å². The second-order valence-electron chi connectivity index (χ2n) is 5.28. The molecule has 0 saturated heterocycles. The van der Waals surface area contributed by atoms with Gasteiger partial charge in [0.15, 0.2) is 0 Å². The number of aryl methyl sites for hydroxylation is 1. The van der Waals surface area contributed by atoms with E-state index in [0.29, 0.717) is 17.3 Å². The molecular formula is C16H11BrF2N2O3S. The summed E-state index contributed by atoms with van der Waals surface area (Å²) in [4.78, 5) is -0.909. The Balaban J connectivity index is 2.23. The summed E-state index contributed by atoms with van der Waals surface area (Å²) >= 11 is 3.31. The minimum Gasteiger partial charge on any atom is -0.360 e. The Morgan fingerprint density at radius 2 is 1.76 bits per heavy atom. The lowest BCUT2D eigenvalue weighted by molar-refractivity contribution is 0.400. The van der Waals surface area contributed by atoms with E-state index in [2.05, 4.69) is 21.1 Å². The van der Waals surface area contributed by atoms with Crippen LogP contribution in [-0.4, -0.2) is 13.6 Å². The fourth-order valence-corrected chi connectivity index (χ4v) is 3.30. The van der Waals surface area contributed by atoms with Crippen LogP contribution in [0, 0.1) is 18.6 Å². The zero-order valence-corrected chi connectivity index (χ0v) is 15.2. The molecular weight excluding hydrogens is 418 g/mol. The topological polar surface area (TPSA) is 86.2 Å². The minimum atomic E-state index is -4.38. The van der Waals surface area contributed by atoms with Crippen LogP contribution in [0.25, 0.3) is 22.4 Å². The quantitative estimate of drug-likeness (QED) is 0.682. The maximum absolute atomic E-state index is 14.5. The maximum Gasteiger partial charge on any atom is 0.241 e. The van der Waals surface area contributed by atoms with Gasteiger partial charge in [-0.2, -0.15) is 0 Å². The molecule has 0 fully saturated rings. The minimum absolute atomic E-state index is 0.165. The Bertz CT molecular complexity index is 1060. The third-order valence-electron chi connectivity index (χ3n) is 3.58. The highest BCUT2D eigenvalue weighted by Crippen LogP contribution is 2.37. The summed E-state index contributed by atoms with van der Waals surface area (Å²) in [5, 5.41) is 8.80. The van der Waals surface area contributed by atoms with E-state index >= 15 is 0 Å². The molecule has 5 nitrogen and oxygen atoms in total. The van der Waals surface area contributed by atoms with Gasteiger partial charge in [0.1, 0.15) is 28.0 Å². The van der Waals surface area contributed by atoms with Gasteiger partial charge >= 0.3 is 0 Å². The van der Waals surface area contributed by atoms with Crippen molar-refractivity contribution in [3.05, 3.63) is 58.3 Å². The highest BCUT2D eigenvalue weighted by atomic mass is 79.9. The molecule has 3 aromatic rings. The molecule has 0 saturated carbocycles. The molecule has 130 valence electrons. The number of benzene rings is 2. The van der Waals surface area contributed by atoms with E-state index in [0.717, 1.165) is 10.5 Å². The highest BCUT2D eigenvalue weighted by Gasteiger charge is 2.24. The first-order chi connectivity index (χ1) is 11.7. The molecule has 0 amide bonds. The highest BCUT2D eigenvalue weighted by molar-refractivity contribution is 9.10. The molecule has 0 unspecified atom stereocenters. The number of nitrogens with zero attached hydrogens (tertiary/aromatic N) is 1. The first-order valence-electron chi connectivity index (χ1n) is 6.93. The number of aromatic nitrogens is 1. The van der Waals surface area contributed by atoms with Gasteiger partial charge in [0.05, 0.1) is 5.56 Å². The Hall–Kier alpha value is -2.10. The largest absolute Gasteiger partial charge is 0.360 e. The van der Waals surface area contributed by atoms with Crippen molar-refractivity contribution in [3.8, 4) is 22.4 Å². The summed E-state index contributed by atoms with van der Waals surface area (Å²) in [7, 11) is -4.38. The maximum atomic E-state index is 14.5. The second-order valence-corrected chi connectivity index (χ2v) is 7.72. The van der Waals surface area contributed by atoms with Gasteiger partial charge in [-0.3, -0.25) is 0 Å². The average molecular weight is 429 g/mol. The first kappa shape index (κ1) is 17.7. The third kappa shape index (κ3) is 3.35. The van der Waals surface area contributed by atoms with Gasteiger partial charge in [0.2, 0.25) is 10.0 Å². The molecule has 3 rings (SSSR count). The van der Waals surface area contributed by atoms with Gasteiger partial charge in [-0.25, -0.2) is 22.3 Å². The lowest BCUT2D eigenvalue weighted by Crippen LogP contribution is -2.14. The van der Waals surface area contributed by atoms with Crippen LogP contribution in [0.1, 0.15) is 5.76 Å². The van der Waals surface area contributed by atoms with Crippen molar-refractivity contribution in [2.75, 3.05) is 0 Å². The van der Waals surface area contributed by atoms with Crippen molar-refractivity contribution in [2.45, 2.75) is 11.8 Å². The summed E-state index contributed by atoms with van der Waals surface area (Å²) in [5.41, 5.74) is 1.01. The normalized spacial score (nSPS) is 11.7. The molecule has 1 aromatic heterocycles. The predicted octanol–water partition coefficient (Wildman–Crippen LogP) is 4.01. The molecule has 0 radical (unpaired) electrons. The van der Waals surface area contributed by atoms with Crippen LogP contribution in [-0.2, 0) is 10.0 Å². The summed E-state index contributed by atoms with van der Waals surface area (Å²) in [6.45, 7) is 1.55. The number of primary sulfonamides is 1. The number of sulfonamides is 1. The number of rotatable bonds is 3. The lowest BCUT2D eigenvalue weighted by atomic mass is 9.99. The van der Waals surface area contributed by atoms with Crippen molar-refractivity contribution in [2.24, 2.45) is 5.14 Å². The van der Waals surface area contributed by atoms with E-state index < -0.39 is 26.6 Å². The summed E-state index contributed by atoms with van der Waals surface area (Å²) in [5.74, 6) is -1.84. The van der Waals surface area contributed by atoms with Gasteiger partial charge < -0.3 is 4.52 Å². The van der Waals surface area contributed by atoms with E-state index in [1.807, 2.05) is 0 Å². The molecule has 0 spiro atoms. The number of nitrogens with two attached hydrogens (primary N) is 1. The van der Waals surface area contributed by atoms with Crippen LogP contribution in [0.4, 0.5) is 8.78 Å². The molecule has 1 heterocycles. The van der Waals surface area contributed by atoms with Gasteiger partial charge in [-0.15, -0.1) is 0 Å². The molecule has 0 atom stereocenters. The molecule has 25 heavy (non-hydrogen) atoms. The smallest absolute Gasteiger partial charge is 0.241 e. The Kier molecular flexibility index (Phi) is 4.48. The molecule has 2 N–H and O–H groups in total. The third-order valence-corrected chi connectivity index (χ3v) is 5.03. The van der Waals surface area contributed by atoms with Crippen LogP contribution in [0.5, 0.6) is 0 Å². The van der Waals surface area contributed by atoms with Crippen molar-refractivity contribution < 1.29 is 21.7 Å². The monoisotopic (exact) mass is 428 g/mol. The van der Waals surface area contributed by atoms with Crippen LogP contribution < -0.4 is 5.14 Å². The van der Waals surface area contributed by atoms with E-state index in [1.165, 1.54) is 0 Å². The lowest BCUT2D eigenvalue weighted by Gasteiger charge is -2.08.